The van der Waals surface area contributed by atoms with Gasteiger partial charge in [-0.2, -0.15) is 0 Å². The first-order chi connectivity index (χ1) is 19.8. The average Bonchev–Trinajstić information content (AvgIpc) is 3.73. The van der Waals surface area contributed by atoms with Gasteiger partial charge in [-0.1, -0.05) is 97.1 Å². The van der Waals surface area contributed by atoms with E-state index in [1.165, 1.54) is 0 Å². The van der Waals surface area contributed by atoms with E-state index in [0.717, 1.165) is 77.5 Å². The average molecular weight is 513 g/mol. The first kappa shape index (κ1) is 21.3. The Morgan fingerprint density at radius 1 is 0.375 bits per heavy atom. The van der Waals surface area contributed by atoms with Crippen molar-refractivity contribution in [2.24, 2.45) is 0 Å². The molecule has 0 amide bonds. The largest absolute Gasteiger partial charge is 0.354 e. The summed E-state index contributed by atoms with van der Waals surface area (Å²) in [5.41, 5.74) is 9.33. The van der Waals surface area contributed by atoms with E-state index in [9.17, 15) is 0 Å². The SMILES string of the molecule is c1ccc2c(c1)-c1cc3[nH]c(cc4nc(nc5[nH]c(nc-2n1)c1ccccc51)-c1ccccc1-4)c1ccccc31. The fraction of sp³-hybridized carbons (Fsp3) is 0. The third-order valence-electron chi connectivity index (χ3n) is 7.79. The van der Waals surface area contributed by atoms with Crippen LogP contribution in [0.15, 0.2) is 109 Å². The van der Waals surface area contributed by atoms with Gasteiger partial charge in [0, 0.05) is 54.8 Å². The number of fused-ring (bicyclic) bond motifs is 20. The standard InChI is InChI=1S/C34H20N6/c1-2-10-20-19(9-1)27-17-29-21-11-3-5-13-23(21)31(36-29)38-33-25-15-7-8-16-26(25)34(40-33)39-32-24-14-6-4-12-22(24)30(37-32)18-28(20)35-27/h1-18,35H,(H,36,37,38,39,40). The van der Waals surface area contributed by atoms with Gasteiger partial charge < -0.3 is 9.97 Å². The van der Waals surface area contributed by atoms with Crippen LogP contribution in [0.2, 0.25) is 0 Å². The number of benzene rings is 4. The topological polar surface area (TPSA) is 83.1 Å². The van der Waals surface area contributed by atoms with Gasteiger partial charge in [0.05, 0.1) is 11.4 Å². The molecule has 2 aliphatic heterocycles. The molecule has 4 aromatic carbocycles. The van der Waals surface area contributed by atoms with Gasteiger partial charge in [-0.15, -0.1) is 0 Å². The first-order valence-electron chi connectivity index (χ1n) is 13.3. The lowest BCUT2D eigenvalue weighted by molar-refractivity contribution is 1.24. The van der Waals surface area contributed by atoms with E-state index in [4.69, 9.17) is 19.9 Å². The van der Waals surface area contributed by atoms with Crippen LogP contribution < -0.4 is 0 Å². The minimum atomic E-state index is 0.675. The lowest BCUT2D eigenvalue weighted by Crippen LogP contribution is -1.82. The van der Waals surface area contributed by atoms with E-state index in [0.29, 0.717) is 11.6 Å². The van der Waals surface area contributed by atoms with Gasteiger partial charge in [0.2, 0.25) is 0 Å². The Balaban J connectivity index is 1.51. The van der Waals surface area contributed by atoms with Crippen molar-refractivity contribution in [1.29, 1.82) is 0 Å². The van der Waals surface area contributed by atoms with Crippen molar-refractivity contribution in [3.63, 3.8) is 0 Å². The fourth-order valence-electron chi connectivity index (χ4n) is 5.93. The Morgan fingerprint density at radius 3 is 1.25 bits per heavy atom. The third-order valence-corrected chi connectivity index (χ3v) is 7.79. The summed E-state index contributed by atoms with van der Waals surface area (Å²) in [6.45, 7) is 0. The predicted octanol–water partition coefficient (Wildman–Crippen LogP) is 8.08. The summed E-state index contributed by atoms with van der Waals surface area (Å²) in [5.74, 6) is 1.35. The summed E-state index contributed by atoms with van der Waals surface area (Å²) in [4.78, 5) is 27.4. The second-order valence-corrected chi connectivity index (χ2v) is 10.1. The number of aromatic nitrogens is 6. The summed E-state index contributed by atoms with van der Waals surface area (Å²) in [6.07, 6.45) is 0. The molecule has 8 bridgehead atoms. The molecule has 0 unspecified atom stereocenters. The van der Waals surface area contributed by atoms with Crippen LogP contribution in [0.25, 0.3) is 89.2 Å². The van der Waals surface area contributed by atoms with Gasteiger partial charge in [0.25, 0.3) is 0 Å². The van der Waals surface area contributed by atoms with Crippen LogP contribution in [0.3, 0.4) is 0 Å². The number of nitrogens with zero attached hydrogens (tertiary/aromatic N) is 4. The summed E-state index contributed by atoms with van der Waals surface area (Å²) >= 11 is 0. The molecule has 3 aromatic heterocycles. The number of H-pyrrole nitrogens is 2. The van der Waals surface area contributed by atoms with E-state index < -0.39 is 0 Å². The molecule has 0 saturated carbocycles. The summed E-state index contributed by atoms with van der Waals surface area (Å²) < 4.78 is 0. The second-order valence-electron chi connectivity index (χ2n) is 10.1. The van der Waals surface area contributed by atoms with E-state index in [1.807, 2.05) is 36.4 Å². The first-order valence-corrected chi connectivity index (χ1v) is 13.3. The van der Waals surface area contributed by atoms with Crippen molar-refractivity contribution < 1.29 is 0 Å². The Kier molecular flexibility index (Phi) is 4.24. The van der Waals surface area contributed by atoms with E-state index >= 15 is 0 Å². The molecule has 0 atom stereocenters. The lowest BCUT2D eigenvalue weighted by atomic mass is 10.1. The highest BCUT2D eigenvalue weighted by molar-refractivity contribution is 6.08. The molecule has 2 aliphatic rings. The molecule has 40 heavy (non-hydrogen) atoms. The second kappa shape index (κ2) is 7.94. The molecule has 186 valence electrons. The highest BCUT2D eigenvalue weighted by Gasteiger charge is 2.20. The Bertz CT molecular complexity index is 2020. The quantitative estimate of drug-likeness (QED) is 0.215. The molecule has 9 rings (SSSR count). The summed E-state index contributed by atoms with van der Waals surface area (Å²) in [6, 6.07) is 37.4. The summed E-state index contributed by atoms with van der Waals surface area (Å²) in [7, 11) is 0. The Hall–Kier alpha value is -5.62. The highest BCUT2D eigenvalue weighted by atomic mass is 15.0. The fourth-order valence-corrected chi connectivity index (χ4v) is 5.93. The molecule has 0 aliphatic carbocycles. The number of nitrogens with one attached hydrogen (secondary N) is 2. The van der Waals surface area contributed by atoms with Crippen molar-refractivity contribution in [2.45, 2.75) is 0 Å². The van der Waals surface area contributed by atoms with Crippen LogP contribution in [0, 0.1) is 0 Å². The molecular formula is C34H20N6. The maximum Gasteiger partial charge on any atom is 0.162 e. The van der Waals surface area contributed by atoms with Gasteiger partial charge in [-0.25, -0.2) is 19.9 Å². The van der Waals surface area contributed by atoms with Crippen molar-refractivity contribution in [3.05, 3.63) is 109 Å². The van der Waals surface area contributed by atoms with Gasteiger partial charge in [0.1, 0.15) is 11.3 Å². The van der Waals surface area contributed by atoms with Crippen LogP contribution in [0.4, 0.5) is 0 Å². The highest BCUT2D eigenvalue weighted by Crippen LogP contribution is 2.38. The molecule has 0 fully saturated rings. The van der Waals surface area contributed by atoms with E-state index in [1.54, 1.807) is 0 Å². The van der Waals surface area contributed by atoms with Crippen molar-refractivity contribution in [3.8, 4) is 45.3 Å². The number of aromatic amines is 2. The lowest BCUT2D eigenvalue weighted by Gasteiger charge is -1.97. The van der Waals surface area contributed by atoms with Gasteiger partial charge in [0.15, 0.2) is 11.6 Å². The van der Waals surface area contributed by atoms with Crippen molar-refractivity contribution in [1.82, 2.24) is 29.9 Å². The van der Waals surface area contributed by atoms with Crippen LogP contribution in [0.5, 0.6) is 0 Å². The number of rotatable bonds is 0. The Labute approximate surface area is 228 Å². The molecular weight excluding hydrogens is 492 g/mol. The maximum atomic E-state index is 5.07. The number of hydrogen-bond acceptors (Lipinski definition) is 4. The third kappa shape index (κ3) is 3.04. The molecule has 0 radical (unpaired) electrons. The molecule has 6 heteroatoms. The van der Waals surface area contributed by atoms with Gasteiger partial charge >= 0.3 is 0 Å². The maximum absolute atomic E-state index is 5.07. The predicted molar refractivity (Wildman–Crippen MR) is 160 cm³/mol. The van der Waals surface area contributed by atoms with Crippen molar-refractivity contribution >= 4 is 43.9 Å². The van der Waals surface area contributed by atoms with E-state index in [2.05, 4.69) is 82.8 Å². The van der Waals surface area contributed by atoms with E-state index in [-0.39, 0.29) is 0 Å². The Morgan fingerprint density at radius 2 is 0.775 bits per heavy atom. The van der Waals surface area contributed by atoms with Crippen molar-refractivity contribution in [2.75, 3.05) is 0 Å². The smallest absolute Gasteiger partial charge is 0.162 e. The molecule has 7 aromatic rings. The zero-order valence-electron chi connectivity index (χ0n) is 21.2. The van der Waals surface area contributed by atoms with Crippen LogP contribution in [0.1, 0.15) is 0 Å². The summed E-state index contributed by atoms with van der Waals surface area (Å²) in [5, 5.41) is 4.24. The van der Waals surface area contributed by atoms with Gasteiger partial charge in [-0.3, -0.25) is 0 Å². The molecule has 0 saturated heterocycles. The van der Waals surface area contributed by atoms with Crippen LogP contribution >= 0.6 is 0 Å². The minimum Gasteiger partial charge on any atom is -0.354 e. The molecule has 5 heterocycles. The zero-order chi connectivity index (χ0) is 26.2. The molecule has 6 nitrogen and oxygen atoms in total. The zero-order valence-corrected chi connectivity index (χ0v) is 21.2. The normalized spacial score (nSPS) is 12.0. The van der Waals surface area contributed by atoms with Gasteiger partial charge in [-0.05, 0) is 12.1 Å². The van der Waals surface area contributed by atoms with Crippen LogP contribution in [-0.2, 0) is 0 Å². The minimum absolute atomic E-state index is 0.675. The molecule has 0 spiro atoms. The number of hydrogen-bond donors (Lipinski definition) is 2. The van der Waals surface area contributed by atoms with Crippen LogP contribution in [-0.4, -0.2) is 29.9 Å². The molecule has 2 N–H and O–H groups in total. The monoisotopic (exact) mass is 512 g/mol.